The van der Waals surface area contributed by atoms with Crippen LogP contribution in [0.3, 0.4) is 0 Å². The van der Waals surface area contributed by atoms with E-state index in [1.54, 1.807) is 12.3 Å². The number of aryl methyl sites for hydroxylation is 1. The Labute approximate surface area is 215 Å². The zero-order chi connectivity index (χ0) is 24.4. The van der Waals surface area contributed by atoms with Crippen molar-refractivity contribution in [2.45, 2.75) is 27.7 Å². The smallest absolute Gasteiger partial charge is 0.307 e. The minimum absolute atomic E-state index is 0.199. The molecule has 2 aromatic heterocycles. The zero-order valence-electron chi connectivity index (χ0n) is 19.5. The summed E-state index contributed by atoms with van der Waals surface area (Å²) in [5, 5.41) is 5.00. The molecular weight excluding hydrogens is 560 g/mol. The van der Waals surface area contributed by atoms with E-state index in [0.717, 1.165) is 50.1 Å². The molecule has 176 valence electrons. The third-order valence-corrected chi connectivity index (χ3v) is 6.88. The number of aromatic nitrogens is 1. The van der Waals surface area contributed by atoms with Gasteiger partial charge in [-0.2, -0.15) is 5.10 Å². The molecule has 2 heterocycles. The van der Waals surface area contributed by atoms with Crippen molar-refractivity contribution in [3.63, 3.8) is 0 Å². The molecule has 0 atom stereocenters. The van der Waals surface area contributed by atoms with Crippen molar-refractivity contribution < 1.29 is 9.21 Å². The Morgan fingerprint density at radius 1 is 1.09 bits per heavy atom. The van der Waals surface area contributed by atoms with E-state index < -0.39 is 5.91 Å². The standard InChI is InChI=1S/C26H26Br2N4O2/c1-5-31(6-2)21-7-9-22(10-8-21)32-16(3)11-19(17(32)4)15-29-30-26(33)24-13-18-12-20(27)14-23(28)25(18)34-24/h7-15H,5-6H2,1-4H3,(H,30,33)/b29-15-. The van der Waals surface area contributed by atoms with Crippen LogP contribution in [0.25, 0.3) is 16.7 Å². The summed E-state index contributed by atoms with van der Waals surface area (Å²) < 4.78 is 9.56. The quantitative estimate of drug-likeness (QED) is 0.188. The highest BCUT2D eigenvalue weighted by molar-refractivity contribution is 9.11. The molecule has 0 fully saturated rings. The normalized spacial score (nSPS) is 11.5. The molecule has 4 aromatic rings. The fourth-order valence-electron chi connectivity index (χ4n) is 4.12. The van der Waals surface area contributed by atoms with Crippen LogP contribution in [0, 0.1) is 13.8 Å². The molecule has 0 saturated carbocycles. The van der Waals surface area contributed by atoms with Crippen LogP contribution in [0.1, 0.15) is 41.4 Å². The van der Waals surface area contributed by atoms with Gasteiger partial charge in [0.15, 0.2) is 5.76 Å². The minimum Gasteiger partial charge on any atom is -0.450 e. The molecule has 1 amide bonds. The zero-order valence-corrected chi connectivity index (χ0v) is 22.7. The van der Waals surface area contributed by atoms with Crippen LogP contribution < -0.4 is 10.3 Å². The van der Waals surface area contributed by atoms with Gasteiger partial charge < -0.3 is 13.9 Å². The summed E-state index contributed by atoms with van der Waals surface area (Å²) in [7, 11) is 0. The Kier molecular flexibility index (Phi) is 7.28. The maximum absolute atomic E-state index is 12.6. The lowest BCUT2D eigenvalue weighted by Gasteiger charge is -2.21. The van der Waals surface area contributed by atoms with E-state index in [0.29, 0.717) is 5.58 Å². The number of hydrogen-bond donors (Lipinski definition) is 1. The number of hydrazone groups is 1. The van der Waals surface area contributed by atoms with Crippen molar-refractivity contribution in [2.75, 3.05) is 18.0 Å². The van der Waals surface area contributed by atoms with Crippen molar-refractivity contribution in [3.05, 3.63) is 80.2 Å². The van der Waals surface area contributed by atoms with Gasteiger partial charge in [0, 0.05) is 51.3 Å². The second kappa shape index (κ2) is 10.2. The highest BCUT2D eigenvalue weighted by atomic mass is 79.9. The van der Waals surface area contributed by atoms with Crippen LogP contribution in [-0.2, 0) is 0 Å². The van der Waals surface area contributed by atoms with Crippen molar-refractivity contribution in [1.82, 2.24) is 9.99 Å². The monoisotopic (exact) mass is 584 g/mol. The fraction of sp³-hybridized carbons (Fsp3) is 0.231. The van der Waals surface area contributed by atoms with Crippen LogP contribution in [0.15, 0.2) is 67.0 Å². The third kappa shape index (κ3) is 4.83. The molecule has 0 spiro atoms. The van der Waals surface area contributed by atoms with Crippen LogP contribution in [-0.4, -0.2) is 29.8 Å². The summed E-state index contributed by atoms with van der Waals surface area (Å²) in [4.78, 5) is 14.9. The molecule has 0 bridgehead atoms. The molecule has 0 aliphatic rings. The molecule has 0 unspecified atom stereocenters. The first-order valence-electron chi connectivity index (χ1n) is 11.1. The van der Waals surface area contributed by atoms with Gasteiger partial charge in [0.2, 0.25) is 0 Å². The largest absolute Gasteiger partial charge is 0.450 e. The van der Waals surface area contributed by atoms with Crippen LogP contribution in [0.2, 0.25) is 0 Å². The van der Waals surface area contributed by atoms with E-state index in [4.69, 9.17) is 4.42 Å². The van der Waals surface area contributed by atoms with Crippen LogP contribution in [0.5, 0.6) is 0 Å². The molecule has 34 heavy (non-hydrogen) atoms. The summed E-state index contributed by atoms with van der Waals surface area (Å²) in [5.74, 6) is -0.207. The molecule has 0 aliphatic carbocycles. The van der Waals surface area contributed by atoms with E-state index in [9.17, 15) is 4.79 Å². The first-order valence-corrected chi connectivity index (χ1v) is 12.7. The number of nitrogens with zero attached hydrogens (tertiary/aromatic N) is 3. The first-order chi connectivity index (χ1) is 16.3. The highest BCUT2D eigenvalue weighted by Crippen LogP contribution is 2.31. The molecule has 0 aliphatic heterocycles. The van der Waals surface area contributed by atoms with Gasteiger partial charge in [-0.25, -0.2) is 5.43 Å². The first kappa shape index (κ1) is 24.3. The lowest BCUT2D eigenvalue weighted by molar-refractivity contribution is 0.0929. The van der Waals surface area contributed by atoms with Crippen LogP contribution >= 0.6 is 31.9 Å². The average Bonchev–Trinajstić information content (AvgIpc) is 3.36. The van der Waals surface area contributed by atoms with Crippen LogP contribution in [0.4, 0.5) is 5.69 Å². The topological polar surface area (TPSA) is 62.8 Å². The Bertz CT molecular complexity index is 1370. The predicted octanol–water partition coefficient (Wildman–Crippen LogP) is 6.98. The molecule has 6 nitrogen and oxygen atoms in total. The van der Waals surface area contributed by atoms with E-state index in [1.165, 1.54) is 5.69 Å². The van der Waals surface area contributed by atoms with E-state index in [1.807, 2.05) is 19.1 Å². The van der Waals surface area contributed by atoms with Gasteiger partial charge in [0.25, 0.3) is 0 Å². The lowest BCUT2D eigenvalue weighted by atomic mass is 10.2. The molecule has 1 N–H and O–H groups in total. The minimum atomic E-state index is -0.406. The summed E-state index contributed by atoms with van der Waals surface area (Å²) in [6.45, 7) is 10.4. The second-order valence-corrected chi connectivity index (χ2v) is 9.74. The molecule has 0 radical (unpaired) electrons. The van der Waals surface area contributed by atoms with Crippen molar-refractivity contribution in [3.8, 4) is 5.69 Å². The summed E-state index contributed by atoms with van der Waals surface area (Å²) in [5.41, 5.74) is 8.56. The summed E-state index contributed by atoms with van der Waals surface area (Å²) in [6.07, 6.45) is 1.66. The maximum atomic E-state index is 12.6. The highest BCUT2D eigenvalue weighted by Gasteiger charge is 2.15. The third-order valence-electron chi connectivity index (χ3n) is 5.84. The van der Waals surface area contributed by atoms with Gasteiger partial charge in [-0.1, -0.05) is 15.9 Å². The van der Waals surface area contributed by atoms with E-state index in [-0.39, 0.29) is 5.76 Å². The predicted molar refractivity (Wildman–Crippen MR) is 145 cm³/mol. The van der Waals surface area contributed by atoms with E-state index >= 15 is 0 Å². The number of amides is 1. The molecule has 8 heteroatoms. The van der Waals surface area contributed by atoms with Gasteiger partial charge in [-0.15, -0.1) is 0 Å². The molecular formula is C26H26Br2N4O2. The number of benzene rings is 2. The van der Waals surface area contributed by atoms with Gasteiger partial charge in [-0.3, -0.25) is 4.79 Å². The van der Waals surface area contributed by atoms with Crippen molar-refractivity contribution in [1.29, 1.82) is 0 Å². The Morgan fingerprint density at radius 3 is 2.47 bits per heavy atom. The number of carbonyl (C=O) groups is 1. The van der Waals surface area contributed by atoms with Crippen molar-refractivity contribution in [2.24, 2.45) is 5.10 Å². The Balaban J connectivity index is 1.51. The number of nitrogens with one attached hydrogen (secondary N) is 1. The molecule has 2 aromatic carbocycles. The van der Waals surface area contributed by atoms with E-state index in [2.05, 4.69) is 103 Å². The number of halogens is 2. The number of hydrogen-bond acceptors (Lipinski definition) is 4. The lowest BCUT2D eigenvalue weighted by Crippen LogP contribution is -2.21. The Hall–Kier alpha value is -2.84. The number of rotatable bonds is 7. The molecule has 4 rings (SSSR count). The number of anilines is 1. The van der Waals surface area contributed by atoms with Gasteiger partial charge >= 0.3 is 5.91 Å². The maximum Gasteiger partial charge on any atom is 0.307 e. The summed E-state index contributed by atoms with van der Waals surface area (Å²) in [6, 6.07) is 16.1. The SMILES string of the molecule is CCN(CC)c1ccc(-n2c(C)cc(/C=N\NC(=O)c3cc4cc(Br)cc(Br)c4o3)c2C)cc1. The fourth-order valence-corrected chi connectivity index (χ4v) is 5.46. The number of furan rings is 1. The Morgan fingerprint density at radius 2 is 1.79 bits per heavy atom. The van der Waals surface area contributed by atoms with Gasteiger partial charge in [0.1, 0.15) is 5.58 Å². The number of fused-ring (bicyclic) bond motifs is 1. The summed E-state index contributed by atoms with van der Waals surface area (Å²) >= 11 is 6.90. The second-order valence-electron chi connectivity index (χ2n) is 7.97. The average molecular weight is 586 g/mol. The number of carbonyl (C=O) groups excluding carboxylic acids is 1. The molecule has 0 saturated heterocycles. The van der Waals surface area contributed by atoms with Gasteiger partial charge in [-0.05, 0) is 92.2 Å². The van der Waals surface area contributed by atoms with Crippen molar-refractivity contribution >= 4 is 60.6 Å². The van der Waals surface area contributed by atoms with Gasteiger partial charge in [0.05, 0.1) is 10.7 Å².